The Balaban J connectivity index is 1.88. The summed E-state index contributed by atoms with van der Waals surface area (Å²) < 4.78 is 22.9. The second-order valence-electron chi connectivity index (χ2n) is 12.3. The average molecular weight is 585 g/mol. The number of ether oxygens (including phenoxy) is 4. The first kappa shape index (κ1) is 33.4. The van der Waals surface area contributed by atoms with Crippen molar-refractivity contribution in [2.45, 2.75) is 97.5 Å². The lowest BCUT2D eigenvalue weighted by Gasteiger charge is -2.29. The second-order valence-corrected chi connectivity index (χ2v) is 12.3. The highest BCUT2D eigenvalue weighted by atomic mass is 16.8. The van der Waals surface area contributed by atoms with E-state index < -0.39 is 17.8 Å². The molecule has 1 aliphatic rings. The van der Waals surface area contributed by atoms with E-state index in [4.69, 9.17) is 23.8 Å². The molecular formula is C33H48N2O7. The molecule has 3 rings (SSSR count). The third-order valence-electron chi connectivity index (χ3n) is 6.94. The molecule has 42 heavy (non-hydrogen) atoms. The van der Waals surface area contributed by atoms with Crippen LogP contribution in [0.1, 0.15) is 100 Å². The van der Waals surface area contributed by atoms with E-state index in [-0.39, 0.29) is 37.2 Å². The maximum Gasteiger partial charge on any atom is 0.528 e. The summed E-state index contributed by atoms with van der Waals surface area (Å²) in [5.74, 6) is 0.780. The lowest BCUT2D eigenvalue weighted by atomic mass is 9.91. The summed E-state index contributed by atoms with van der Waals surface area (Å²) in [6, 6.07) is 13.3. The molecule has 0 unspecified atom stereocenters. The fourth-order valence-corrected chi connectivity index (χ4v) is 4.87. The van der Waals surface area contributed by atoms with E-state index >= 15 is 0 Å². The molecule has 232 valence electrons. The van der Waals surface area contributed by atoms with Crippen LogP contribution in [0.5, 0.6) is 5.75 Å². The minimum atomic E-state index is -0.772. The molecule has 9 heteroatoms. The third-order valence-corrected chi connectivity index (χ3v) is 6.94. The van der Waals surface area contributed by atoms with Gasteiger partial charge < -0.3 is 29.1 Å². The number of nitrogens with one attached hydrogen (secondary N) is 1. The number of methoxy groups -OCH3 is 1. The number of carbonyl (C=O) groups excluding carboxylic acids is 2. The molecule has 2 atom stereocenters. The Bertz CT molecular complexity index is 1130. The van der Waals surface area contributed by atoms with Gasteiger partial charge in [0.25, 0.3) is 5.91 Å². The summed E-state index contributed by atoms with van der Waals surface area (Å²) in [6.45, 7) is 15.0. The first-order valence-corrected chi connectivity index (χ1v) is 14.8. The first-order valence-electron chi connectivity index (χ1n) is 14.8. The molecule has 2 aromatic rings. The maximum atomic E-state index is 13.9. The van der Waals surface area contributed by atoms with Gasteiger partial charge in [-0.1, -0.05) is 58.0 Å². The van der Waals surface area contributed by atoms with E-state index in [2.05, 4.69) is 33.0 Å². The minimum absolute atomic E-state index is 0.125. The van der Waals surface area contributed by atoms with Crippen molar-refractivity contribution in [1.29, 1.82) is 0 Å². The zero-order valence-corrected chi connectivity index (χ0v) is 26.4. The number of rotatable bonds is 11. The van der Waals surface area contributed by atoms with Crippen LogP contribution in [0.2, 0.25) is 0 Å². The maximum absolute atomic E-state index is 13.9. The first-order chi connectivity index (χ1) is 19.9. The summed E-state index contributed by atoms with van der Waals surface area (Å²) in [5, 5.41) is 4.77. The molecule has 1 fully saturated rings. The highest BCUT2D eigenvalue weighted by Gasteiger charge is 2.33. The standard InChI is InChI=1S/C33H48N2O7/c1-22(2)26-17-25(18-27(23(3)4)30(26)40-21-38-8)31(36)34-28-19-35(42-32(37)41-33(5,6)7)16-12-15-29(28)39-20-24-13-10-9-11-14-24/h9-11,13-14,17-18,22-23,28-29H,12,15-16,19-21H2,1-8H3,(H,34,36)/t28-,29-/m1/s1. The Morgan fingerprint density at radius 1 is 1.02 bits per heavy atom. The monoisotopic (exact) mass is 584 g/mol. The van der Waals surface area contributed by atoms with E-state index in [1.807, 2.05) is 42.5 Å². The van der Waals surface area contributed by atoms with Gasteiger partial charge in [0.1, 0.15) is 11.4 Å². The van der Waals surface area contributed by atoms with Gasteiger partial charge in [0, 0.05) is 19.2 Å². The topological polar surface area (TPSA) is 95.6 Å². The molecule has 1 saturated heterocycles. The summed E-state index contributed by atoms with van der Waals surface area (Å²) in [5.41, 5.74) is 2.78. The number of hydroxylamine groups is 2. The number of amides is 1. The van der Waals surface area contributed by atoms with Gasteiger partial charge >= 0.3 is 6.16 Å². The van der Waals surface area contributed by atoms with Gasteiger partial charge in [-0.3, -0.25) is 4.79 Å². The third kappa shape index (κ3) is 10.00. The number of hydrogen-bond acceptors (Lipinski definition) is 8. The highest BCUT2D eigenvalue weighted by molar-refractivity contribution is 5.95. The van der Waals surface area contributed by atoms with Crippen LogP contribution in [-0.2, 0) is 25.7 Å². The molecular weight excluding hydrogens is 536 g/mol. The van der Waals surface area contributed by atoms with Crippen LogP contribution in [-0.4, -0.2) is 61.9 Å². The molecule has 0 spiro atoms. The molecule has 1 heterocycles. The predicted molar refractivity (Wildman–Crippen MR) is 162 cm³/mol. The number of benzene rings is 2. The van der Waals surface area contributed by atoms with Crippen LogP contribution < -0.4 is 10.1 Å². The molecule has 0 aromatic heterocycles. The zero-order valence-electron chi connectivity index (χ0n) is 26.4. The van der Waals surface area contributed by atoms with E-state index in [1.165, 1.54) is 0 Å². The largest absolute Gasteiger partial charge is 0.528 e. The van der Waals surface area contributed by atoms with Crippen LogP contribution in [0.25, 0.3) is 0 Å². The molecule has 0 radical (unpaired) electrons. The minimum Gasteiger partial charge on any atom is -0.467 e. The summed E-state index contributed by atoms with van der Waals surface area (Å²) >= 11 is 0. The van der Waals surface area contributed by atoms with Crippen molar-refractivity contribution in [3.8, 4) is 5.75 Å². The van der Waals surface area contributed by atoms with Crippen molar-refractivity contribution in [3.63, 3.8) is 0 Å². The Hall–Kier alpha value is -3.14. The molecule has 1 aliphatic heterocycles. The van der Waals surface area contributed by atoms with Crippen molar-refractivity contribution >= 4 is 12.1 Å². The normalized spacial score (nSPS) is 18.0. The molecule has 0 bridgehead atoms. The fourth-order valence-electron chi connectivity index (χ4n) is 4.87. The fraction of sp³-hybridized carbons (Fsp3) is 0.576. The number of nitrogens with zero attached hydrogens (tertiary/aromatic N) is 1. The quantitative estimate of drug-likeness (QED) is 0.234. The van der Waals surface area contributed by atoms with Gasteiger partial charge in [-0.2, -0.15) is 0 Å². The summed E-state index contributed by atoms with van der Waals surface area (Å²) in [7, 11) is 1.59. The van der Waals surface area contributed by atoms with E-state index in [1.54, 1.807) is 32.9 Å². The summed E-state index contributed by atoms with van der Waals surface area (Å²) in [4.78, 5) is 31.9. The summed E-state index contributed by atoms with van der Waals surface area (Å²) in [6.07, 6.45) is 0.338. The molecule has 2 aromatic carbocycles. The molecule has 0 saturated carbocycles. The van der Waals surface area contributed by atoms with Crippen molar-refractivity contribution < 1.29 is 33.4 Å². The Kier molecular flexibility index (Phi) is 12.2. The predicted octanol–water partition coefficient (Wildman–Crippen LogP) is 6.56. The molecule has 9 nitrogen and oxygen atoms in total. The van der Waals surface area contributed by atoms with Gasteiger partial charge in [-0.25, -0.2) is 4.79 Å². The van der Waals surface area contributed by atoms with E-state index in [9.17, 15) is 9.59 Å². The van der Waals surface area contributed by atoms with Gasteiger partial charge in [0.2, 0.25) is 0 Å². The van der Waals surface area contributed by atoms with Crippen molar-refractivity contribution in [3.05, 3.63) is 64.7 Å². The molecule has 1 amide bonds. The SMILES string of the molecule is COCOc1c(C(C)C)cc(C(=O)N[C@@H]2CN(OC(=O)OC(C)(C)C)CCC[C@H]2OCc2ccccc2)cc1C(C)C. The van der Waals surface area contributed by atoms with Crippen LogP contribution in [0, 0.1) is 0 Å². The average Bonchev–Trinajstić information content (AvgIpc) is 3.10. The Morgan fingerprint density at radius 2 is 1.67 bits per heavy atom. The van der Waals surface area contributed by atoms with E-state index in [0.717, 1.165) is 28.9 Å². The van der Waals surface area contributed by atoms with Crippen LogP contribution >= 0.6 is 0 Å². The Labute approximate surface area is 250 Å². The van der Waals surface area contributed by atoms with Gasteiger partial charge in [0.15, 0.2) is 6.79 Å². The molecule has 0 aliphatic carbocycles. The van der Waals surface area contributed by atoms with Crippen LogP contribution in [0.4, 0.5) is 4.79 Å². The van der Waals surface area contributed by atoms with Crippen molar-refractivity contribution in [2.75, 3.05) is 27.0 Å². The Morgan fingerprint density at radius 3 is 2.24 bits per heavy atom. The van der Waals surface area contributed by atoms with Crippen molar-refractivity contribution in [1.82, 2.24) is 10.4 Å². The lowest BCUT2D eigenvalue weighted by molar-refractivity contribution is -0.145. The van der Waals surface area contributed by atoms with Crippen LogP contribution in [0.3, 0.4) is 0 Å². The number of carbonyl (C=O) groups is 2. The van der Waals surface area contributed by atoms with Crippen molar-refractivity contribution in [2.24, 2.45) is 0 Å². The second kappa shape index (κ2) is 15.4. The smallest absolute Gasteiger partial charge is 0.467 e. The molecule has 1 N–H and O–H groups in total. The zero-order chi connectivity index (χ0) is 30.9. The van der Waals surface area contributed by atoms with Gasteiger partial charge in [0.05, 0.1) is 25.3 Å². The van der Waals surface area contributed by atoms with Gasteiger partial charge in [-0.05, 0) is 74.3 Å². The highest BCUT2D eigenvalue weighted by Crippen LogP contribution is 2.36. The van der Waals surface area contributed by atoms with E-state index in [0.29, 0.717) is 25.1 Å². The number of hydrogen-bond donors (Lipinski definition) is 1. The van der Waals surface area contributed by atoms with Crippen LogP contribution in [0.15, 0.2) is 42.5 Å². The van der Waals surface area contributed by atoms with Gasteiger partial charge in [-0.15, -0.1) is 5.06 Å². The lowest BCUT2D eigenvalue weighted by Crippen LogP contribution is -2.50.